The predicted octanol–water partition coefficient (Wildman–Crippen LogP) is -0.350. The Morgan fingerprint density at radius 1 is 1.69 bits per heavy atom. The van der Waals surface area contributed by atoms with E-state index in [-0.39, 0.29) is 11.6 Å². The van der Waals surface area contributed by atoms with Crippen molar-refractivity contribution in [1.82, 2.24) is 14.7 Å². The van der Waals surface area contributed by atoms with E-state index < -0.39 is 10.0 Å². The van der Waals surface area contributed by atoms with E-state index in [2.05, 4.69) is 9.94 Å². The quantitative estimate of drug-likeness (QED) is 0.682. The molecule has 0 unspecified atom stereocenters. The Kier molecular flexibility index (Phi) is 3.02. The molecular weight excluding hydrogens is 194 g/mol. The molecule has 0 aliphatic rings. The maximum absolute atomic E-state index is 11.4. The van der Waals surface area contributed by atoms with Crippen molar-refractivity contribution in [2.75, 3.05) is 6.61 Å². The highest BCUT2D eigenvalue weighted by Crippen LogP contribution is 2.04. The molecule has 0 aliphatic heterocycles. The number of aryl methyl sites for hydroxylation is 1. The first-order valence-electron chi connectivity index (χ1n) is 3.69. The summed E-state index contributed by atoms with van der Waals surface area (Å²) < 4.78 is 24.0. The Labute approximate surface area is 76.5 Å². The van der Waals surface area contributed by atoms with Crippen LogP contribution in [0.3, 0.4) is 0 Å². The van der Waals surface area contributed by atoms with E-state index in [9.17, 15) is 8.42 Å². The topological polar surface area (TPSA) is 73.2 Å². The zero-order valence-electron chi connectivity index (χ0n) is 7.39. The van der Waals surface area contributed by atoms with E-state index >= 15 is 0 Å². The van der Waals surface area contributed by atoms with Crippen LogP contribution < -0.4 is 4.89 Å². The molecule has 74 valence electrons. The highest BCUT2D eigenvalue weighted by molar-refractivity contribution is 7.89. The molecule has 1 N–H and O–H groups in total. The number of hydrogen-bond donors (Lipinski definition) is 1. The number of sulfonamides is 1. The standard InChI is InChI=1S/C6H11N3O3S/c1-3-12-8-13(10,11)6-4-5-7-9(6)2/h4-5,8H,3H2,1-2H3. The van der Waals surface area contributed by atoms with Gasteiger partial charge in [0.2, 0.25) is 0 Å². The van der Waals surface area contributed by atoms with Gasteiger partial charge < -0.3 is 0 Å². The average Bonchev–Trinajstić information content (AvgIpc) is 2.48. The number of nitrogens with zero attached hydrogens (tertiary/aromatic N) is 2. The SMILES string of the molecule is CCONS(=O)(=O)c1ccnn1C. The van der Waals surface area contributed by atoms with Crippen LogP contribution in [0, 0.1) is 0 Å². The number of aromatic nitrogens is 2. The Morgan fingerprint density at radius 2 is 2.38 bits per heavy atom. The van der Waals surface area contributed by atoms with Crippen LogP contribution in [0.1, 0.15) is 6.92 Å². The third kappa shape index (κ3) is 2.27. The van der Waals surface area contributed by atoms with Crippen molar-refractivity contribution < 1.29 is 13.3 Å². The van der Waals surface area contributed by atoms with Gasteiger partial charge in [0.25, 0.3) is 10.0 Å². The second-order valence-electron chi connectivity index (χ2n) is 2.31. The van der Waals surface area contributed by atoms with Crippen molar-refractivity contribution in [3.05, 3.63) is 12.3 Å². The van der Waals surface area contributed by atoms with Crippen LogP contribution in [0.4, 0.5) is 0 Å². The smallest absolute Gasteiger partial charge is 0.279 e. The highest BCUT2D eigenvalue weighted by atomic mass is 32.2. The van der Waals surface area contributed by atoms with Gasteiger partial charge in [-0.15, -0.1) is 0 Å². The minimum Gasteiger partial charge on any atom is -0.287 e. The maximum atomic E-state index is 11.4. The first-order chi connectivity index (χ1) is 6.08. The van der Waals surface area contributed by atoms with Gasteiger partial charge in [-0.25, -0.2) is 8.42 Å². The Balaban J connectivity index is 2.88. The summed E-state index contributed by atoms with van der Waals surface area (Å²) in [5, 5.41) is 3.80. The molecule has 6 nitrogen and oxygen atoms in total. The zero-order chi connectivity index (χ0) is 9.90. The Bertz CT molecular complexity index is 370. The molecule has 1 rings (SSSR count). The van der Waals surface area contributed by atoms with Crippen molar-refractivity contribution >= 4 is 10.0 Å². The fourth-order valence-electron chi connectivity index (χ4n) is 0.805. The van der Waals surface area contributed by atoms with Gasteiger partial charge in [0.15, 0.2) is 5.03 Å². The summed E-state index contributed by atoms with van der Waals surface area (Å²) in [5.74, 6) is 0. The van der Waals surface area contributed by atoms with Gasteiger partial charge in [-0.3, -0.25) is 9.52 Å². The van der Waals surface area contributed by atoms with Gasteiger partial charge in [-0.2, -0.15) is 5.10 Å². The van der Waals surface area contributed by atoms with Gasteiger partial charge in [0.1, 0.15) is 0 Å². The molecule has 0 saturated heterocycles. The summed E-state index contributed by atoms with van der Waals surface area (Å²) in [6.07, 6.45) is 1.40. The van der Waals surface area contributed by atoms with Crippen LogP contribution in [0.2, 0.25) is 0 Å². The van der Waals surface area contributed by atoms with Crippen molar-refractivity contribution in [2.45, 2.75) is 11.9 Å². The molecule has 0 fully saturated rings. The fraction of sp³-hybridized carbons (Fsp3) is 0.500. The monoisotopic (exact) mass is 205 g/mol. The molecule has 0 amide bonds. The lowest BCUT2D eigenvalue weighted by Crippen LogP contribution is -2.25. The van der Waals surface area contributed by atoms with E-state index in [1.54, 1.807) is 14.0 Å². The molecule has 0 radical (unpaired) electrons. The molecule has 0 saturated carbocycles. The minimum absolute atomic E-state index is 0.0703. The average molecular weight is 205 g/mol. The van der Waals surface area contributed by atoms with Crippen molar-refractivity contribution in [3.8, 4) is 0 Å². The predicted molar refractivity (Wildman–Crippen MR) is 45.2 cm³/mol. The second kappa shape index (κ2) is 3.86. The molecule has 0 aliphatic carbocycles. The first kappa shape index (κ1) is 10.2. The number of nitrogens with one attached hydrogen (secondary N) is 1. The van der Waals surface area contributed by atoms with E-state index in [0.717, 1.165) is 0 Å². The molecular formula is C6H11N3O3S. The third-order valence-electron chi connectivity index (χ3n) is 1.36. The minimum atomic E-state index is -3.58. The molecule has 0 atom stereocenters. The highest BCUT2D eigenvalue weighted by Gasteiger charge is 2.17. The summed E-state index contributed by atoms with van der Waals surface area (Å²) >= 11 is 0. The zero-order valence-corrected chi connectivity index (χ0v) is 8.21. The maximum Gasteiger partial charge on any atom is 0.279 e. The number of rotatable bonds is 4. The van der Waals surface area contributed by atoms with Crippen LogP contribution in [-0.2, 0) is 21.9 Å². The number of hydrogen-bond acceptors (Lipinski definition) is 4. The van der Waals surface area contributed by atoms with Gasteiger partial charge >= 0.3 is 0 Å². The van der Waals surface area contributed by atoms with Crippen LogP contribution in [0.15, 0.2) is 17.3 Å². The second-order valence-corrected chi connectivity index (χ2v) is 3.90. The van der Waals surface area contributed by atoms with Crippen molar-refractivity contribution in [1.29, 1.82) is 0 Å². The van der Waals surface area contributed by atoms with Gasteiger partial charge in [-0.05, 0) is 13.0 Å². The summed E-state index contributed by atoms with van der Waals surface area (Å²) in [4.78, 5) is 6.56. The Hall–Kier alpha value is -0.920. The van der Waals surface area contributed by atoms with Crippen molar-refractivity contribution in [3.63, 3.8) is 0 Å². The van der Waals surface area contributed by atoms with Gasteiger partial charge in [-0.1, -0.05) is 4.89 Å². The van der Waals surface area contributed by atoms with Crippen LogP contribution in [0.5, 0.6) is 0 Å². The van der Waals surface area contributed by atoms with E-state index in [1.165, 1.54) is 16.9 Å². The summed E-state index contributed by atoms with van der Waals surface area (Å²) in [5.41, 5.74) is 0. The molecule has 1 aromatic rings. The summed E-state index contributed by atoms with van der Waals surface area (Å²) in [6, 6.07) is 1.39. The first-order valence-corrected chi connectivity index (χ1v) is 5.18. The van der Waals surface area contributed by atoms with Crippen molar-refractivity contribution in [2.24, 2.45) is 7.05 Å². The molecule has 1 heterocycles. The van der Waals surface area contributed by atoms with E-state index in [0.29, 0.717) is 0 Å². The normalized spacial score (nSPS) is 11.8. The lowest BCUT2D eigenvalue weighted by molar-refractivity contribution is 0.105. The molecule has 1 aromatic heterocycles. The lowest BCUT2D eigenvalue weighted by atomic mass is 10.7. The largest absolute Gasteiger partial charge is 0.287 e. The molecule has 0 spiro atoms. The molecule has 7 heteroatoms. The van der Waals surface area contributed by atoms with Crippen LogP contribution in [0.25, 0.3) is 0 Å². The van der Waals surface area contributed by atoms with Gasteiger partial charge in [0, 0.05) is 7.05 Å². The summed E-state index contributed by atoms with van der Waals surface area (Å²) in [7, 11) is -2.04. The third-order valence-corrected chi connectivity index (χ3v) is 2.65. The van der Waals surface area contributed by atoms with E-state index in [1.807, 2.05) is 4.89 Å². The van der Waals surface area contributed by atoms with Crippen LogP contribution in [-0.4, -0.2) is 24.8 Å². The fourth-order valence-corrected chi connectivity index (χ4v) is 1.80. The lowest BCUT2D eigenvalue weighted by Gasteiger charge is -2.04. The van der Waals surface area contributed by atoms with E-state index in [4.69, 9.17) is 0 Å². The summed E-state index contributed by atoms with van der Waals surface area (Å²) in [6.45, 7) is 1.96. The van der Waals surface area contributed by atoms with Gasteiger partial charge in [0.05, 0.1) is 12.8 Å². The molecule has 13 heavy (non-hydrogen) atoms. The molecule has 0 aromatic carbocycles. The Morgan fingerprint density at radius 3 is 2.85 bits per heavy atom. The van der Waals surface area contributed by atoms with Crippen LogP contribution >= 0.6 is 0 Å². The molecule has 0 bridgehead atoms.